The number of fused-ring (bicyclic) bond motifs is 1. The third-order valence-electron chi connectivity index (χ3n) is 9.73. The van der Waals surface area contributed by atoms with Crippen molar-refractivity contribution in [3.8, 4) is 11.3 Å². The van der Waals surface area contributed by atoms with Gasteiger partial charge in [0, 0.05) is 99.7 Å². The van der Waals surface area contributed by atoms with Crippen LogP contribution in [0.15, 0.2) is 73.2 Å². The Bertz CT molecular complexity index is 1800. The number of piperidine rings is 1. The van der Waals surface area contributed by atoms with Crippen LogP contribution in [0.3, 0.4) is 0 Å². The van der Waals surface area contributed by atoms with Crippen molar-refractivity contribution in [3.05, 3.63) is 101 Å². The molecule has 48 heavy (non-hydrogen) atoms. The Balaban J connectivity index is 0.965. The molecule has 2 fully saturated rings. The number of imidazole rings is 1. The van der Waals surface area contributed by atoms with Gasteiger partial charge in [0.2, 0.25) is 0 Å². The molecule has 2 saturated heterocycles. The van der Waals surface area contributed by atoms with Crippen molar-refractivity contribution in [1.82, 2.24) is 24.7 Å². The van der Waals surface area contributed by atoms with Crippen molar-refractivity contribution >= 4 is 23.2 Å². The average Bonchev–Trinajstić information content (AvgIpc) is 3.71. The van der Waals surface area contributed by atoms with Gasteiger partial charge in [0.25, 0.3) is 11.8 Å². The van der Waals surface area contributed by atoms with Crippen LogP contribution in [0.2, 0.25) is 0 Å². The fraction of sp³-hybridized carbons (Fsp3) is 0.361. The standard InChI is InChI=1S/C36H38F3N7O2/c1-43-22-33(42-23-43)31-19-25(4-9-32(31)40-20-24-2-5-27(6-3-24)36(37,38)39)35(48)46-12-10-28(11-13-46)44-14-16-45(17-15-44)29-7-8-30-26(18-29)21-41-34(30)47/h2-9,18-19,22-23,28,40H,10-17,20-21H2,1H3,(H,41,47). The van der Waals surface area contributed by atoms with E-state index >= 15 is 0 Å². The minimum atomic E-state index is -4.38. The molecule has 1 aromatic heterocycles. The zero-order valence-electron chi connectivity index (χ0n) is 26.8. The number of halogens is 3. The number of nitrogens with zero attached hydrogens (tertiary/aromatic N) is 5. The molecule has 3 aromatic carbocycles. The van der Waals surface area contributed by atoms with Gasteiger partial charge in [0.15, 0.2) is 0 Å². The Morgan fingerprint density at radius 1 is 0.938 bits per heavy atom. The molecule has 0 spiro atoms. The van der Waals surface area contributed by atoms with Gasteiger partial charge < -0.3 is 25.0 Å². The Labute approximate surface area is 277 Å². The molecule has 4 heterocycles. The van der Waals surface area contributed by atoms with Crippen LogP contribution in [0.1, 0.15) is 50.2 Å². The second-order valence-corrected chi connectivity index (χ2v) is 12.8. The molecule has 3 aliphatic heterocycles. The number of amides is 2. The first-order valence-electron chi connectivity index (χ1n) is 16.3. The fourth-order valence-electron chi connectivity index (χ4n) is 6.98. The lowest BCUT2D eigenvalue weighted by Crippen LogP contribution is -2.53. The summed E-state index contributed by atoms with van der Waals surface area (Å²) >= 11 is 0. The molecule has 0 saturated carbocycles. The van der Waals surface area contributed by atoms with E-state index < -0.39 is 11.7 Å². The number of piperazine rings is 1. The number of rotatable bonds is 7. The molecule has 0 unspecified atom stereocenters. The highest BCUT2D eigenvalue weighted by Gasteiger charge is 2.31. The molecule has 0 radical (unpaired) electrons. The van der Waals surface area contributed by atoms with Gasteiger partial charge in [-0.15, -0.1) is 0 Å². The van der Waals surface area contributed by atoms with Crippen LogP contribution in [-0.4, -0.2) is 76.5 Å². The van der Waals surface area contributed by atoms with E-state index in [0.29, 0.717) is 49.0 Å². The van der Waals surface area contributed by atoms with Crippen LogP contribution in [0.5, 0.6) is 0 Å². The average molecular weight is 658 g/mol. The van der Waals surface area contributed by atoms with E-state index in [-0.39, 0.29) is 11.8 Å². The molecule has 2 N–H and O–H groups in total. The van der Waals surface area contributed by atoms with Gasteiger partial charge in [0.1, 0.15) is 0 Å². The van der Waals surface area contributed by atoms with Gasteiger partial charge in [-0.05, 0) is 72.5 Å². The molecule has 0 atom stereocenters. The number of aromatic nitrogens is 2. The number of likely N-dealkylation sites (tertiary alicyclic amines) is 1. The van der Waals surface area contributed by atoms with Crippen LogP contribution in [0.25, 0.3) is 11.3 Å². The number of hydrogen-bond acceptors (Lipinski definition) is 6. The fourth-order valence-corrected chi connectivity index (χ4v) is 6.98. The summed E-state index contributed by atoms with van der Waals surface area (Å²) in [6.07, 6.45) is 1.02. The molecule has 0 aliphatic carbocycles. The number of aryl methyl sites for hydroxylation is 1. The lowest BCUT2D eigenvalue weighted by atomic mass is 10.00. The lowest BCUT2D eigenvalue weighted by Gasteiger charge is -2.43. The van der Waals surface area contributed by atoms with Crippen molar-refractivity contribution in [3.63, 3.8) is 0 Å². The monoisotopic (exact) mass is 657 g/mol. The zero-order chi connectivity index (χ0) is 33.4. The van der Waals surface area contributed by atoms with E-state index in [4.69, 9.17) is 0 Å². The summed E-state index contributed by atoms with van der Waals surface area (Å²) in [5, 5.41) is 6.22. The minimum Gasteiger partial charge on any atom is -0.380 e. The van der Waals surface area contributed by atoms with Crippen LogP contribution in [0, 0.1) is 0 Å². The van der Waals surface area contributed by atoms with Crippen molar-refractivity contribution in [2.24, 2.45) is 7.05 Å². The van der Waals surface area contributed by atoms with E-state index in [1.165, 1.54) is 12.1 Å². The maximum atomic E-state index is 13.7. The Kier molecular flexibility index (Phi) is 8.59. The van der Waals surface area contributed by atoms with E-state index in [1.807, 2.05) is 47.0 Å². The predicted octanol–water partition coefficient (Wildman–Crippen LogP) is 5.39. The van der Waals surface area contributed by atoms with Crippen LogP contribution in [0.4, 0.5) is 24.5 Å². The van der Waals surface area contributed by atoms with Gasteiger partial charge in [-0.1, -0.05) is 12.1 Å². The lowest BCUT2D eigenvalue weighted by molar-refractivity contribution is -0.137. The van der Waals surface area contributed by atoms with Crippen molar-refractivity contribution in [2.45, 2.75) is 38.1 Å². The minimum absolute atomic E-state index is 0.00341. The van der Waals surface area contributed by atoms with Gasteiger partial charge in [-0.3, -0.25) is 14.5 Å². The first-order valence-corrected chi connectivity index (χ1v) is 16.3. The molecule has 4 aromatic rings. The highest BCUT2D eigenvalue weighted by molar-refractivity contribution is 5.99. The quantitative estimate of drug-likeness (QED) is 0.278. The third-order valence-corrected chi connectivity index (χ3v) is 9.73. The number of benzene rings is 3. The highest BCUT2D eigenvalue weighted by Crippen LogP contribution is 2.32. The Morgan fingerprint density at radius 2 is 1.69 bits per heavy atom. The molecule has 9 nitrogen and oxygen atoms in total. The van der Waals surface area contributed by atoms with Gasteiger partial charge in [0.05, 0.1) is 17.6 Å². The largest absolute Gasteiger partial charge is 0.416 e. The second kappa shape index (κ2) is 13.0. The van der Waals surface area contributed by atoms with Crippen molar-refractivity contribution in [2.75, 3.05) is 49.5 Å². The molecule has 3 aliphatic rings. The second-order valence-electron chi connectivity index (χ2n) is 12.8. The molecular weight excluding hydrogens is 619 g/mol. The maximum absolute atomic E-state index is 13.7. The van der Waals surface area contributed by atoms with Gasteiger partial charge in [-0.2, -0.15) is 13.2 Å². The summed E-state index contributed by atoms with van der Waals surface area (Å²) < 4.78 is 40.8. The SMILES string of the molecule is Cn1cnc(-c2cc(C(=O)N3CCC(N4CCN(c5ccc6c(c5)CNC6=O)CC4)CC3)ccc2NCc2ccc(C(F)(F)F)cc2)c1. The molecule has 250 valence electrons. The van der Waals surface area contributed by atoms with Crippen LogP contribution in [-0.2, 0) is 26.3 Å². The number of alkyl halides is 3. The maximum Gasteiger partial charge on any atom is 0.416 e. The zero-order valence-corrected chi connectivity index (χ0v) is 26.8. The first kappa shape index (κ1) is 31.7. The van der Waals surface area contributed by atoms with E-state index in [9.17, 15) is 22.8 Å². The smallest absolute Gasteiger partial charge is 0.380 e. The topological polar surface area (TPSA) is 85.7 Å². The summed E-state index contributed by atoms with van der Waals surface area (Å²) in [5.74, 6) is -0.0157. The summed E-state index contributed by atoms with van der Waals surface area (Å²) in [7, 11) is 1.87. The first-order chi connectivity index (χ1) is 23.1. The van der Waals surface area contributed by atoms with Crippen molar-refractivity contribution < 1.29 is 22.8 Å². The number of carbonyl (C=O) groups is 2. The molecule has 7 rings (SSSR count). The molecule has 0 bridgehead atoms. The number of hydrogen-bond donors (Lipinski definition) is 2. The summed E-state index contributed by atoms with van der Waals surface area (Å²) in [6, 6.07) is 17.1. The number of nitrogens with one attached hydrogen (secondary N) is 2. The van der Waals surface area contributed by atoms with Crippen LogP contribution < -0.4 is 15.5 Å². The Morgan fingerprint density at radius 3 is 2.38 bits per heavy atom. The number of anilines is 2. The molecule has 2 amide bonds. The summed E-state index contributed by atoms with van der Waals surface area (Å²) in [6.45, 7) is 6.05. The predicted molar refractivity (Wildman–Crippen MR) is 178 cm³/mol. The van der Waals surface area contributed by atoms with E-state index in [1.54, 1.807) is 12.4 Å². The molecular formula is C36H38F3N7O2. The summed E-state index contributed by atoms with van der Waals surface area (Å²) in [5.41, 5.74) is 5.80. The van der Waals surface area contributed by atoms with Crippen LogP contribution >= 0.6 is 0 Å². The van der Waals surface area contributed by atoms with Crippen molar-refractivity contribution in [1.29, 1.82) is 0 Å². The van der Waals surface area contributed by atoms with Gasteiger partial charge >= 0.3 is 6.18 Å². The Hall–Kier alpha value is -4.84. The van der Waals surface area contributed by atoms with E-state index in [0.717, 1.165) is 79.2 Å². The third kappa shape index (κ3) is 6.62. The number of carbonyl (C=O) groups excluding carboxylic acids is 2. The highest BCUT2D eigenvalue weighted by atomic mass is 19.4. The summed E-state index contributed by atoms with van der Waals surface area (Å²) in [4.78, 5) is 37.0. The normalized spacial score (nSPS) is 17.4. The van der Waals surface area contributed by atoms with Gasteiger partial charge in [-0.25, -0.2) is 4.98 Å². The van der Waals surface area contributed by atoms with E-state index in [2.05, 4.69) is 31.5 Å². The molecule has 12 heteroatoms.